The lowest BCUT2D eigenvalue weighted by Crippen LogP contribution is -2.14. The van der Waals surface area contributed by atoms with Crippen LogP contribution in [0.1, 0.15) is 27.6 Å². The number of nitrogens with one attached hydrogen (secondary N) is 4. The first kappa shape index (κ1) is 21.1. The van der Waals surface area contributed by atoms with E-state index in [-0.39, 0.29) is 22.1 Å². The normalized spacial score (nSPS) is 11.3. The van der Waals surface area contributed by atoms with Gasteiger partial charge in [0, 0.05) is 22.5 Å². The minimum absolute atomic E-state index is 0.0162. The fourth-order valence-electron chi connectivity index (χ4n) is 3.09. The van der Waals surface area contributed by atoms with Crippen LogP contribution in [0.3, 0.4) is 0 Å². The van der Waals surface area contributed by atoms with Gasteiger partial charge in [-0.25, -0.2) is 13.2 Å². The maximum absolute atomic E-state index is 12.5. The van der Waals surface area contributed by atoms with Crippen molar-refractivity contribution < 1.29 is 18.0 Å². The molecule has 32 heavy (non-hydrogen) atoms. The number of hydrogen-bond acceptors (Lipinski definition) is 5. The Labute approximate surface area is 182 Å². The Morgan fingerprint density at radius 1 is 0.781 bits per heavy atom. The highest BCUT2D eigenvalue weighted by molar-refractivity contribution is 7.92. The summed E-state index contributed by atoms with van der Waals surface area (Å²) >= 11 is 0. The molecular formula is C22H18N4O5S. The molecule has 4 N–H and O–H groups in total. The largest absolute Gasteiger partial charge is 0.323 e. The van der Waals surface area contributed by atoms with Gasteiger partial charge < -0.3 is 15.3 Å². The number of anilines is 2. The third-order valence-corrected chi connectivity index (χ3v) is 6.14. The number of imidazole rings is 1. The summed E-state index contributed by atoms with van der Waals surface area (Å²) < 4.78 is 27.5. The maximum atomic E-state index is 12.5. The minimum atomic E-state index is -3.85. The van der Waals surface area contributed by atoms with Crippen LogP contribution in [0.15, 0.2) is 76.4 Å². The minimum Gasteiger partial charge on any atom is -0.322 e. The number of carbonyl (C=O) groups excluding carboxylic acids is 2. The summed E-state index contributed by atoms with van der Waals surface area (Å²) in [6.07, 6.45) is 0. The van der Waals surface area contributed by atoms with Crippen LogP contribution < -0.4 is 15.7 Å². The first-order valence-corrected chi connectivity index (χ1v) is 11.0. The zero-order chi connectivity index (χ0) is 22.9. The van der Waals surface area contributed by atoms with E-state index in [4.69, 9.17) is 0 Å². The van der Waals surface area contributed by atoms with E-state index in [0.717, 1.165) is 0 Å². The number of benzene rings is 3. The molecule has 0 aliphatic heterocycles. The Morgan fingerprint density at radius 2 is 1.38 bits per heavy atom. The molecule has 4 rings (SSSR count). The van der Waals surface area contributed by atoms with Crippen LogP contribution in [0, 0.1) is 0 Å². The number of aromatic amines is 2. The van der Waals surface area contributed by atoms with Crippen molar-refractivity contribution in [3.63, 3.8) is 0 Å². The molecule has 0 atom stereocenters. The highest BCUT2D eigenvalue weighted by Gasteiger charge is 2.15. The summed E-state index contributed by atoms with van der Waals surface area (Å²) in [7, 11) is -3.85. The van der Waals surface area contributed by atoms with Gasteiger partial charge in [-0.15, -0.1) is 0 Å². The molecule has 4 aromatic rings. The molecule has 0 saturated heterocycles. The summed E-state index contributed by atoms with van der Waals surface area (Å²) in [4.78, 5) is 40.5. The SMILES string of the molecule is CC(=O)c1ccc(S(=O)(=O)Nc2ccc(C(=O)Nc3ccc4[nH]c(=O)[nH]c4c3)cc2)cc1. The standard InChI is InChI=1S/C22H18N4O5S/c1-13(27)14-4-9-18(10-5-14)32(30,31)26-16-6-2-15(3-7-16)21(28)23-17-8-11-19-20(12-17)25-22(29)24-19/h2-12,26H,1H3,(H,23,28)(H2,24,25,29). The monoisotopic (exact) mass is 450 g/mol. The van der Waals surface area contributed by atoms with Gasteiger partial charge in [0.15, 0.2) is 5.78 Å². The summed E-state index contributed by atoms with van der Waals surface area (Å²) in [5.41, 5.74) is 2.37. The molecule has 0 fully saturated rings. The molecule has 0 radical (unpaired) electrons. The number of Topliss-reactive ketones (excluding diaryl/α,β-unsaturated/α-hetero) is 1. The molecule has 9 nitrogen and oxygen atoms in total. The molecule has 3 aromatic carbocycles. The van der Waals surface area contributed by atoms with Crippen molar-refractivity contribution in [3.8, 4) is 0 Å². The molecule has 1 aromatic heterocycles. The van der Waals surface area contributed by atoms with Crippen LogP contribution in [0.25, 0.3) is 11.0 Å². The topological polar surface area (TPSA) is 141 Å². The van der Waals surface area contributed by atoms with Crippen LogP contribution in [0.4, 0.5) is 11.4 Å². The molecule has 0 aliphatic rings. The van der Waals surface area contributed by atoms with Gasteiger partial charge in [-0.2, -0.15) is 0 Å². The third kappa shape index (κ3) is 4.44. The smallest absolute Gasteiger partial charge is 0.322 e. The molecule has 1 amide bonds. The first-order chi connectivity index (χ1) is 15.2. The molecular weight excluding hydrogens is 432 g/mol. The van der Waals surface area contributed by atoms with Gasteiger partial charge in [-0.3, -0.25) is 14.3 Å². The molecule has 162 valence electrons. The number of ketones is 1. The average molecular weight is 450 g/mol. The van der Waals surface area contributed by atoms with Crippen molar-refractivity contribution in [1.29, 1.82) is 0 Å². The molecule has 1 heterocycles. The van der Waals surface area contributed by atoms with Crippen molar-refractivity contribution in [1.82, 2.24) is 9.97 Å². The van der Waals surface area contributed by atoms with Gasteiger partial charge in [0.2, 0.25) is 0 Å². The lowest BCUT2D eigenvalue weighted by atomic mass is 10.2. The van der Waals surface area contributed by atoms with Crippen molar-refractivity contribution in [2.24, 2.45) is 0 Å². The Hall–Kier alpha value is -4.18. The summed E-state index contributed by atoms with van der Waals surface area (Å²) in [5.74, 6) is -0.548. The molecule has 0 spiro atoms. The van der Waals surface area contributed by atoms with Crippen molar-refractivity contribution >= 4 is 44.1 Å². The Balaban J connectivity index is 1.46. The lowest BCUT2D eigenvalue weighted by Gasteiger charge is -2.10. The second kappa shape index (κ2) is 8.16. The van der Waals surface area contributed by atoms with Crippen molar-refractivity contribution in [2.75, 3.05) is 10.0 Å². The number of sulfonamides is 1. The molecule has 0 aliphatic carbocycles. The Morgan fingerprint density at radius 3 is 2.03 bits per heavy atom. The van der Waals surface area contributed by atoms with Crippen LogP contribution in [0.5, 0.6) is 0 Å². The molecule has 0 saturated carbocycles. The zero-order valence-corrected chi connectivity index (χ0v) is 17.6. The van der Waals surface area contributed by atoms with Gasteiger partial charge in [-0.1, -0.05) is 12.1 Å². The molecule has 10 heteroatoms. The summed E-state index contributed by atoms with van der Waals surface area (Å²) in [6.45, 7) is 1.40. The zero-order valence-electron chi connectivity index (χ0n) is 16.8. The predicted octanol–water partition coefficient (Wildman–Crippen LogP) is 3.11. The fraction of sp³-hybridized carbons (Fsp3) is 0.0455. The van der Waals surface area contributed by atoms with Gasteiger partial charge in [0.25, 0.3) is 15.9 Å². The van der Waals surface area contributed by atoms with Gasteiger partial charge in [0.1, 0.15) is 0 Å². The van der Waals surface area contributed by atoms with Crippen LogP contribution in [-0.4, -0.2) is 30.1 Å². The number of rotatable bonds is 6. The average Bonchev–Trinajstić information content (AvgIpc) is 3.13. The number of aromatic nitrogens is 2. The van der Waals surface area contributed by atoms with Crippen molar-refractivity contribution in [3.05, 3.63) is 88.3 Å². The van der Waals surface area contributed by atoms with E-state index in [1.54, 1.807) is 18.2 Å². The first-order valence-electron chi connectivity index (χ1n) is 9.48. The van der Waals surface area contributed by atoms with Crippen LogP contribution in [-0.2, 0) is 10.0 Å². The summed E-state index contributed by atoms with van der Waals surface area (Å²) in [6, 6.07) is 16.5. The van der Waals surface area contributed by atoms with Crippen LogP contribution in [0.2, 0.25) is 0 Å². The quantitative estimate of drug-likeness (QED) is 0.334. The number of fused-ring (bicyclic) bond motifs is 1. The fourth-order valence-corrected chi connectivity index (χ4v) is 4.14. The van der Waals surface area contributed by atoms with E-state index in [0.29, 0.717) is 27.8 Å². The van der Waals surface area contributed by atoms with E-state index in [9.17, 15) is 22.8 Å². The highest BCUT2D eigenvalue weighted by atomic mass is 32.2. The third-order valence-electron chi connectivity index (χ3n) is 4.74. The van der Waals surface area contributed by atoms with Gasteiger partial charge in [-0.05, 0) is 61.5 Å². The summed E-state index contributed by atoms with van der Waals surface area (Å²) in [5, 5.41) is 2.73. The molecule has 0 unspecified atom stereocenters. The van der Waals surface area contributed by atoms with Crippen LogP contribution >= 0.6 is 0 Å². The van der Waals surface area contributed by atoms with E-state index < -0.39 is 15.9 Å². The second-order valence-corrected chi connectivity index (χ2v) is 8.74. The Bertz CT molecular complexity index is 1480. The van der Waals surface area contributed by atoms with Gasteiger partial charge >= 0.3 is 5.69 Å². The van der Waals surface area contributed by atoms with Gasteiger partial charge in [0.05, 0.1) is 15.9 Å². The Kier molecular flexibility index (Phi) is 5.37. The van der Waals surface area contributed by atoms with E-state index in [2.05, 4.69) is 20.0 Å². The number of carbonyl (C=O) groups is 2. The second-order valence-electron chi connectivity index (χ2n) is 7.06. The van der Waals surface area contributed by atoms with E-state index >= 15 is 0 Å². The lowest BCUT2D eigenvalue weighted by molar-refractivity contribution is 0.101. The predicted molar refractivity (Wildman–Crippen MR) is 121 cm³/mol. The van der Waals surface area contributed by atoms with E-state index in [1.165, 1.54) is 55.5 Å². The van der Waals surface area contributed by atoms with Crippen molar-refractivity contribution in [2.45, 2.75) is 11.8 Å². The highest BCUT2D eigenvalue weighted by Crippen LogP contribution is 2.19. The molecule has 0 bridgehead atoms. The number of hydrogen-bond donors (Lipinski definition) is 4. The van der Waals surface area contributed by atoms with E-state index in [1.807, 2.05) is 0 Å². The number of H-pyrrole nitrogens is 2. The maximum Gasteiger partial charge on any atom is 0.323 e. The number of amides is 1.